The van der Waals surface area contributed by atoms with Gasteiger partial charge in [0.2, 0.25) is 0 Å². The number of nitrogens with two attached hydrogens (primary N) is 1. The number of nitriles is 1. The third-order valence-corrected chi connectivity index (χ3v) is 2.80. The summed E-state index contributed by atoms with van der Waals surface area (Å²) in [4.78, 5) is 0. The lowest BCUT2D eigenvalue weighted by Gasteiger charge is -2.07. The largest absolute Gasteiger partial charge is 0.397 e. The van der Waals surface area contributed by atoms with Gasteiger partial charge < -0.3 is 5.73 Å². The van der Waals surface area contributed by atoms with Crippen LogP contribution in [0.15, 0.2) is 48.5 Å². The summed E-state index contributed by atoms with van der Waals surface area (Å²) >= 11 is 0. The van der Waals surface area contributed by atoms with Crippen LogP contribution in [0, 0.1) is 24.1 Å². The normalized spacial score (nSPS) is 11.6. The number of hydrogen-bond acceptors (Lipinski definition) is 2. The van der Waals surface area contributed by atoms with E-state index in [1.807, 2.05) is 18.2 Å². The third kappa shape index (κ3) is 2.80. The minimum Gasteiger partial charge on any atom is -0.397 e. The van der Waals surface area contributed by atoms with Crippen molar-refractivity contribution in [3.8, 4) is 6.07 Å². The van der Waals surface area contributed by atoms with Gasteiger partial charge >= 0.3 is 0 Å². The standard InChI is InChI=1S/C16H13FN2/c1-11-7-13(9-14(17)8-11)16(19)15(10-18)12-5-3-2-4-6-12/h2-9H,19H2,1H3/b16-15+. The van der Waals surface area contributed by atoms with Gasteiger partial charge in [0.25, 0.3) is 0 Å². The maximum atomic E-state index is 13.4. The minimum atomic E-state index is -0.358. The second-order valence-electron chi connectivity index (χ2n) is 4.28. The van der Waals surface area contributed by atoms with Crippen LogP contribution >= 0.6 is 0 Å². The maximum absolute atomic E-state index is 13.4. The maximum Gasteiger partial charge on any atom is 0.124 e. The molecule has 0 aliphatic rings. The van der Waals surface area contributed by atoms with E-state index >= 15 is 0 Å². The van der Waals surface area contributed by atoms with Crippen LogP contribution in [0.3, 0.4) is 0 Å². The lowest BCUT2D eigenvalue weighted by atomic mass is 10.00. The molecule has 2 N–H and O–H groups in total. The SMILES string of the molecule is Cc1cc(F)cc(/C(N)=C(/C#N)c2ccccc2)c1. The quantitative estimate of drug-likeness (QED) is 0.657. The molecule has 0 unspecified atom stereocenters. The predicted octanol–water partition coefficient (Wildman–Crippen LogP) is 3.48. The van der Waals surface area contributed by atoms with Crippen LogP contribution in [0.2, 0.25) is 0 Å². The van der Waals surface area contributed by atoms with Gasteiger partial charge in [0.15, 0.2) is 0 Å². The van der Waals surface area contributed by atoms with Gasteiger partial charge in [-0.05, 0) is 36.2 Å². The molecule has 3 heteroatoms. The highest BCUT2D eigenvalue weighted by Crippen LogP contribution is 2.23. The fraction of sp³-hybridized carbons (Fsp3) is 0.0625. The van der Waals surface area contributed by atoms with Crippen molar-refractivity contribution in [2.24, 2.45) is 5.73 Å². The molecule has 0 aromatic heterocycles. The highest BCUT2D eigenvalue weighted by molar-refractivity contribution is 5.96. The molecule has 0 saturated carbocycles. The van der Waals surface area contributed by atoms with E-state index in [2.05, 4.69) is 6.07 Å². The number of halogens is 1. The van der Waals surface area contributed by atoms with Crippen LogP contribution in [0.5, 0.6) is 0 Å². The average molecular weight is 252 g/mol. The molecular formula is C16H13FN2. The monoisotopic (exact) mass is 252 g/mol. The van der Waals surface area contributed by atoms with Crippen LogP contribution in [0.4, 0.5) is 4.39 Å². The van der Waals surface area contributed by atoms with E-state index in [-0.39, 0.29) is 11.5 Å². The number of benzene rings is 2. The molecule has 94 valence electrons. The first kappa shape index (κ1) is 12.8. The van der Waals surface area contributed by atoms with E-state index in [1.165, 1.54) is 12.1 Å². The summed E-state index contributed by atoms with van der Waals surface area (Å²) in [6.07, 6.45) is 0. The average Bonchev–Trinajstić information content (AvgIpc) is 2.39. The molecule has 0 aliphatic heterocycles. The van der Waals surface area contributed by atoms with Gasteiger partial charge in [-0.1, -0.05) is 30.3 Å². The molecule has 2 rings (SSSR count). The van der Waals surface area contributed by atoms with Crippen molar-refractivity contribution in [2.45, 2.75) is 6.92 Å². The second-order valence-corrected chi connectivity index (χ2v) is 4.28. The van der Waals surface area contributed by atoms with Crippen molar-refractivity contribution in [1.29, 1.82) is 5.26 Å². The Balaban J connectivity index is 2.59. The van der Waals surface area contributed by atoms with Crippen molar-refractivity contribution in [3.63, 3.8) is 0 Å². The lowest BCUT2D eigenvalue weighted by molar-refractivity contribution is 0.626. The summed E-state index contributed by atoms with van der Waals surface area (Å²) in [6.45, 7) is 1.79. The van der Waals surface area contributed by atoms with Crippen LogP contribution in [-0.2, 0) is 0 Å². The molecule has 2 nitrogen and oxygen atoms in total. The molecule has 0 radical (unpaired) electrons. The molecule has 0 heterocycles. The van der Waals surface area contributed by atoms with Gasteiger partial charge in [-0.15, -0.1) is 0 Å². The molecule has 0 spiro atoms. The Labute approximate surface area is 111 Å². The molecule has 0 aliphatic carbocycles. The number of allylic oxidation sites excluding steroid dienone is 1. The van der Waals surface area contributed by atoms with Crippen molar-refractivity contribution in [3.05, 3.63) is 71.0 Å². The van der Waals surface area contributed by atoms with E-state index in [0.717, 1.165) is 11.1 Å². The van der Waals surface area contributed by atoms with Crippen LogP contribution in [-0.4, -0.2) is 0 Å². The first-order valence-electron chi connectivity index (χ1n) is 5.84. The van der Waals surface area contributed by atoms with Gasteiger partial charge in [0, 0.05) is 5.56 Å². The zero-order valence-corrected chi connectivity index (χ0v) is 10.5. The van der Waals surface area contributed by atoms with E-state index in [1.54, 1.807) is 25.1 Å². The molecular weight excluding hydrogens is 239 g/mol. The van der Waals surface area contributed by atoms with Crippen LogP contribution in [0.25, 0.3) is 11.3 Å². The molecule has 0 atom stereocenters. The van der Waals surface area contributed by atoms with Crippen LogP contribution < -0.4 is 5.73 Å². The summed E-state index contributed by atoms with van der Waals surface area (Å²) in [5.41, 5.74) is 8.67. The summed E-state index contributed by atoms with van der Waals surface area (Å²) in [7, 11) is 0. The van der Waals surface area contributed by atoms with Crippen LogP contribution in [0.1, 0.15) is 16.7 Å². The first-order chi connectivity index (χ1) is 9.11. The first-order valence-corrected chi connectivity index (χ1v) is 5.84. The van der Waals surface area contributed by atoms with Gasteiger partial charge in [-0.2, -0.15) is 5.26 Å². The van der Waals surface area contributed by atoms with Gasteiger partial charge in [0.1, 0.15) is 11.9 Å². The van der Waals surface area contributed by atoms with Crippen molar-refractivity contribution in [1.82, 2.24) is 0 Å². The summed E-state index contributed by atoms with van der Waals surface area (Å²) in [6, 6.07) is 15.7. The second kappa shape index (κ2) is 5.36. The lowest BCUT2D eigenvalue weighted by Crippen LogP contribution is -2.01. The van der Waals surface area contributed by atoms with Gasteiger partial charge in [-0.25, -0.2) is 4.39 Å². The zero-order valence-electron chi connectivity index (χ0n) is 10.5. The van der Waals surface area contributed by atoms with E-state index in [9.17, 15) is 9.65 Å². The Morgan fingerprint density at radius 2 is 1.79 bits per heavy atom. The Bertz CT molecular complexity index is 647. The predicted molar refractivity (Wildman–Crippen MR) is 74.2 cm³/mol. The Hall–Kier alpha value is -2.60. The third-order valence-electron chi connectivity index (χ3n) is 2.80. The number of aryl methyl sites for hydroxylation is 1. The molecule has 0 saturated heterocycles. The highest BCUT2D eigenvalue weighted by atomic mass is 19.1. The highest BCUT2D eigenvalue weighted by Gasteiger charge is 2.09. The molecule has 2 aromatic carbocycles. The van der Waals surface area contributed by atoms with E-state index in [0.29, 0.717) is 11.1 Å². The van der Waals surface area contributed by atoms with E-state index in [4.69, 9.17) is 5.73 Å². The Morgan fingerprint density at radius 1 is 1.11 bits per heavy atom. The molecule has 2 aromatic rings. The molecule has 0 bridgehead atoms. The number of hydrogen-bond donors (Lipinski definition) is 1. The molecule has 19 heavy (non-hydrogen) atoms. The Kier molecular flexibility index (Phi) is 3.63. The van der Waals surface area contributed by atoms with Gasteiger partial charge in [-0.3, -0.25) is 0 Å². The summed E-state index contributed by atoms with van der Waals surface area (Å²) in [5.74, 6) is -0.358. The summed E-state index contributed by atoms with van der Waals surface area (Å²) < 4.78 is 13.4. The van der Waals surface area contributed by atoms with E-state index < -0.39 is 0 Å². The molecule has 0 amide bonds. The van der Waals surface area contributed by atoms with Crippen molar-refractivity contribution in [2.75, 3.05) is 0 Å². The van der Waals surface area contributed by atoms with Crippen molar-refractivity contribution >= 4 is 11.3 Å². The van der Waals surface area contributed by atoms with Crippen molar-refractivity contribution < 1.29 is 4.39 Å². The fourth-order valence-electron chi connectivity index (χ4n) is 1.92. The topological polar surface area (TPSA) is 49.8 Å². The fourth-order valence-corrected chi connectivity index (χ4v) is 1.92. The zero-order chi connectivity index (χ0) is 13.8. The molecule has 0 fully saturated rings. The number of nitrogens with zero attached hydrogens (tertiary/aromatic N) is 1. The number of rotatable bonds is 2. The smallest absolute Gasteiger partial charge is 0.124 e. The summed E-state index contributed by atoms with van der Waals surface area (Å²) in [5, 5.41) is 9.27. The van der Waals surface area contributed by atoms with Gasteiger partial charge in [0.05, 0.1) is 11.3 Å². The Morgan fingerprint density at radius 3 is 2.37 bits per heavy atom. The minimum absolute atomic E-state index is 0.288.